The van der Waals surface area contributed by atoms with Crippen molar-refractivity contribution in [2.45, 2.75) is 52.0 Å². The van der Waals surface area contributed by atoms with Gasteiger partial charge in [-0.25, -0.2) is 0 Å². The minimum absolute atomic E-state index is 0.132. The lowest BCUT2D eigenvalue weighted by molar-refractivity contribution is -0.144. The van der Waals surface area contributed by atoms with E-state index in [0.717, 1.165) is 12.8 Å². The molecule has 2 N–H and O–H groups in total. The molecule has 1 aromatic rings. The Labute approximate surface area is 108 Å². The molecular weight excluding hydrogens is 230 g/mol. The Bertz CT molecular complexity index is 350. The molecule has 0 bridgehead atoms. The van der Waals surface area contributed by atoms with Gasteiger partial charge in [0.25, 0.3) is 0 Å². The van der Waals surface area contributed by atoms with E-state index >= 15 is 0 Å². The van der Waals surface area contributed by atoms with Gasteiger partial charge in [-0.3, -0.25) is 9.48 Å². The van der Waals surface area contributed by atoms with E-state index in [1.165, 1.54) is 36.6 Å². The summed E-state index contributed by atoms with van der Waals surface area (Å²) in [6.07, 6.45) is 10.2. The molecule has 102 valence electrons. The van der Waals surface area contributed by atoms with E-state index in [9.17, 15) is 4.79 Å². The molecule has 0 aliphatic heterocycles. The molecule has 0 saturated heterocycles. The number of hydrogen-bond donors (Lipinski definition) is 1. The van der Waals surface area contributed by atoms with Gasteiger partial charge in [0, 0.05) is 6.20 Å². The normalized spacial score (nSPS) is 10.5. The lowest BCUT2D eigenvalue weighted by atomic mass is 10.1. The number of aromatic nitrogens is 2. The Morgan fingerprint density at radius 3 is 2.72 bits per heavy atom. The van der Waals surface area contributed by atoms with Crippen LogP contribution in [0.25, 0.3) is 0 Å². The zero-order chi connectivity index (χ0) is 13.2. The van der Waals surface area contributed by atoms with E-state index in [-0.39, 0.29) is 12.5 Å². The number of carbonyl (C=O) groups is 1. The van der Waals surface area contributed by atoms with Gasteiger partial charge in [0.05, 0.1) is 18.5 Å². The van der Waals surface area contributed by atoms with Crippen LogP contribution in [0.5, 0.6) is 0 Å². The van der Waals surface area contributed by atoms with Gasteiger partial charge in [0.2, 0.25) is 0 Å². The predicted molar refractivity (Wildman–Crippen MR) is 71.0 cm³/mol. The summed E-state index contributed by atoms with van der Waals surface area (Å²) in [6, 6.07) is 0. The molecule has 0 unspecified atom stereocenters. The molecule has 0 amide bonds. The fourth-order valence-corrected chi connectivity index (χ4v) is 1.71. The van der Waals surface area contributed by atoms with Crippen molar-refractivity contribution in [1.82, 2.24) is 9.78 Å². The Hall–Kier alpha value is -1.52. The van der Waals surface area contributed by atoms with Crippen molar-refractivity contribution >= 4 is 11.7 Å². The summed E-state index contributed by atoms with van der Waals surface area (Å²) in [6.45, 7) is 2.83. The summed E-state index contributed by atoms with van der Waals surface area (Å²) < 4.78 is 6.61. The van der Waals surface area contributed by atoms with Crippen LogP contribution < -0.4 is 5.73 Å². The smallest absolute Gasteiger partial charge is 0.327 e. The zero-order valence-electron chi connectivity index (χ0n) is 11.1. The largest absolute Gasteiger partial charge is 0.464 e. The van der Waals surface area contributed by atoms with Crippen LogP contribution in [0.15, 0.2) is 12.4 Å². The van der Waals surface area contributed by atoms with Crippen LogP contribution in [-0.2, 0) is 16.1 Å². The van der Waals surface area contributed by atoms with Crippen LogP contribution in [0, 0.1) is 0 Å². The summed E-state index contributed by atoms with van der Waals surface area (Å²) in [5.41, 5.74) is 6.05. The first kappa shape index (κ1) is 14.5. The quantitative estimate of drug-likeness (QED) is 0.542. The number of nitrogen functional groups attached to an aromatic ring is 1. The number of ether oxygens (including phenoxy) is 1. The van der Waals surface area contributed by atoms with E-state index in [2.05, 4.69) is 12.0 Å². The lowest BCUT2D eigenvalue weighted by Crippen LogP contribution is -2.14. The van der Waals surface area contributed by atoms with E-state index in [1.807, 2.05) is 0 Å². The molecule has 0 atom stereocenters. The van der Waals surface area contributed by atoms with Crippen molar-refractivity contribution in [2.75, 3.05) is 12.3 Å². The molecule has 0 aliphatic carbocycles. The van der Waals surface area contributed by atoms with Gasteiger partial charge in [-0.2, -0.15) is 5.10 Å². The summed E-state index contributed by atoms with van der Waals surface area (Å²) in [7, 11) is 0. The third-order valence-electron chi connectivity index (χ3n) is 2.71. The Morgan fingerprint density at radius 2 is 2.06 bits per heavy atom. The Balaban J connectivity index is 2.00. The SMILES string of the molecule is CCCCCCCCOC(=O)Cn1cc(N)cn1. The number of rotatable bonds is 9. The average molecular weight is 253 g/mol. The average Bonchev–Trinajstić information content (AvgIpc) is 2.73. The van der Waals surface area contributed by atoms with Gasteiger partial charge in [-0.05, 0) is 6.42 Å². The molecule has 1 rings (SSSR count). The lowest BCUT2D eigenvalue weighted by Gasteiger charge is -2.04. The monoisotopic (exact) mass is 253 g/mol. The maximum absolute atomic E-state index is 11.4. The second-order valence-electron chi connectivity index (χ2n) is 4.46. The predicted octanol–water partition coefficient (Wildman–Crippen LogP) is 2.37. The first-order valence-corrected chi connectivity index (χ1v) is 6.66. The topological polar surface area (TPSA) is 70.1 Å². The highest BCUT2D eigenvalue weighted by Gasteiger charge is 2.04. The minimum atomic E-state index is -0.258. The van der Waals surface area contributed by atoms with E-state index in [4.69, 9.17) is 10.5 Å². The van der Waals surface area contributed by atoms with Crippen molar-refractivity contribution < 1.29 is 9.53 Å². The molecule has 1 heterocycles. The number of nitrogens with two attached hydrogens (primary N) is 1. The van der Waals surface area contributed by atoms with Crippen molar-refractivity contribution in [3.05, 3.63) is 12.4 Å². The van der Waals surface area contributed by atoms with Crippen molar-refractivity contribution in [1.29, 1.82) is 0 Å². The summed E-state index contributed by atoms with van der Waals surface area (Å²) in [5, 5.41) is 3.92. The third-order valence-corrected chi connectivity index (χ3v) is 2.71. The van der Waals surface area contributed by atoms with Crippen LogP contribution in [0.1, 0.15) is 45.4 Å². The molecular formula is C13H23N3O2. The van der Waals surface area contributed by atoms with Crippen LogP contribution in [0.4, 0.5) is 5.69 Å². The Morgan fingerprint density at radius 1 is 1.33 bits per heavy atom. The molecule has 0 aliphatic rings. The van der Waals surface area contributed by atoms with E-state index in [1.54, 1.807) is 6.20 Å². The van der Waals surface area contributed by atoms with Crippen molar-refractivity contribution in [2.24, 2.45) is 0 Å². The standard InChI is InChI=1S/C13H23N3O2/c1-2-3-4-5-6-7-8-18-13(17)11-16-10-12(14)9-15-16/h9-10H,2-8,11,14H2,1H3. The molecule has 0 fully saturated rings. The summed E-state index contributed by atoms with van der Waals surface area (Å²) in [4.78, 5) is 11.4. The molecule has 0 aromatic carbocycles. The first-order valence-electron chi connectivity index (χ1n) is 6.66. The second-order valence-corrected chi connectivity index (χ2v) is 4.46. The van der Waals surface area contributed by atoms with Crippen LogP contribution >= 0.6 is 0 Å². The number of hydrogen-bond acceptors (Lipinski definition) is 4. The van der Waals surface area contributed by atoms with Crippen LogP contribution in [0.3, 0.4) is 0 Å². The van der Waals surface area contributed by atoms with Gasteiger partial charge in [0.15, 0.2) is 0 Å². The van der Waals surface area contributed by atoms with Crippen molar-refractivity contribution in [3.63, 3.8) is 0 Å². The third kappa shape index (κ3) is 6.27. The van der Waals surface area contributed by atoms with Gasteiger partial charge in [-0.15, -0.1) is 0 Å². The number of nitrogens with zero attached hydrogens (tertiary/aromatic N) is 2. The molecule has 0 spiro atoms. The van der Waals surface area contributed by atoms with Crippen LogP contribution in [0.2, 0.25) is 0 Å². The van der Waals surface area contributed by atoms with Gasteiger partial charge in [0.1, 0.15) is 6.54 Å². The zero-order valence-corrected chi connectivity index (χ0v) is 11.1. The number of esters is 1. The van der Waals surface area contributed by atoms with Crippen LogP contribution in [-0.4, -0.2) is 22.4 Å². The first-order chi connectivity index (χ1) is 8.72. The maximum Gasteiger partial charge on any atom is 0.327 e. The molecule has 18 heavy (non-hydrogen) atoms. The number of carbonyl (C=O) groups excluding carboxylic acids is 1. The molecule has 0 radical (unpaired) electrons. The van der Waals surface area contributed by atoms with Gasteiger partial charge in [-0.1, -0.05) is 39.0 Å². The number of unbranched alkanes of at least 4 members (excludes halogenated alkanes) is 5. The van der Waals surface area contributed by atoms with E-state index in [0.29, 0.717) is 12.3 Å². The second kappa shape index (κ2) is 8.55. The summed E-state index contributed by atoms with van der Waals surface area (Å²) in [5.74, 6) is -0.258. The highest BCUT2D eigenvalue weighted by Crippen LogP contribution is 2.05. The van der Waals surface area contributed by atoms with Crippen molar-refractivity contribution in [3.8, 4) is 0 Å². The minimum Gasteiger partial charge on any atom is -0.464 e. The molecule has 5 heteroatoms. The highest BCUT2D eigenvalue weighted by molar-refractivity contribution is 5.69. The fraction of sp³-hybridized carbons (Fsp3) is 0.692. The Kier molecular flexibility index (Phi) is 6.91. The van der Waals surface area contributed by atoms with Gasteiger partial charge < -0.3 is 10.5 Å². The van der Waals surface area contributed by atoms with E-state index < -0.39 is 0 Å². The van der Waals surface area contributed by atoms with Gasteiger partial charge >= 0.3 is 5.97 Å². The number of anilines is 1. The summed E-state index contributed by atoms with van der Waals surface area (Å²) >= 11 is 0. The molecule has 1 aromatic heterocycles. The fourth-order valence-electron chi connectivity index (χ4n) is 1.71. The maximum atomic E-state index is 11.4. The molecule has 0 saturated carbocycles. The highest BCUT2D eigenvalue weighted by atomic mass is 16.5. The molecule has 5 nitrogen and oxygen atoms in total.